The summed E-state index contributed by atoms with van der Waals surface area (Å²) in [6, 6.07) is 0.508. The van der Waals surface area contributed by atoms with Crippen LogP contribution < -0.4 is 5.73 Å². The van der Waals surface area contributed by atoms with Crippen molar-refractivity contribution in [3.8, 4) is 0 Å². The van der Waals surface area contributed by atoms with Gasteiger partial charge in [0.05, 0.1) is 0 Å². The summed E-state index contributed by atoms with van der Waals surface area (Å²) in [5.74, 6) is 1.60. The molecule has 20 heavy (non-hydrogen) atoms. The van der Waals surface area contributed by atoms with Crippen LogP contribution in [0.2, 0.25) is 0 Å². The Morgan fingerprint density at radius 1 is 1.30 bits per heavy atom. The Morgan fingerprint density at radius 2 is 2.05 bits per heavy atom. The third-order valence-electron chi connectivity index (χ3n) is 4.78. The Labute approximate surface area is 125 Å². The lowest BCUT2D eigenvalue weighted by Gasteiger charge is -2.36. The van der Waals surface area contributed by atoms with E-state index in [2.05, 4.69) is 25.7 Å². The number of nitrogens with two attached hydrogens (primary N) is 1. The van der Waals surface area contributed by atoms with Crippen molar-refractivity contribution in [2.24, 2.45) is 17.6 Å². The molecule has 0 aromatic rings. The predicted octanol–water partition coefficient (Wildman–Crippen LogP) is 3.57. The summed E-state index contributed by atoms with van der Waals surface area (Å²) in [6.07, 6.45) is 8.78. The standard InChI is InChI=1S/C17H34N2O/c1-4-7-16-8-5-6-13-19(16)17(20)10-9-15(11-12-18)14(2)3/h14-16H,4-13,18H2,1-3H3. The Hall–Kier alpha value is -0.570. The molecular weight excluding hydrogens is 248 g/mol. The third-order valence-corrected chi connectivity index (χ3v) is 4.78. The number of carbonyl (C=O) groups excluding carboxylic acids is 1. The molecule has 0 saturated carbocycles. The number of piperidine rings is 1. The van der Waals surface area contributed by atoms with Gasteiger partial charge in [-0.1, -0.05) is 27.2 Å². The molecule has 0 aliphatic carbocycles. The van der Waals surface area contributed by atoms with E-state index in [-0.39, 0.29) is 0 Å². The number of nitrogens with zero attached hydrogens (tertiary/aromatic N) is 1. The molecule has 1 saturated heterocycles. The smallest absolute Gasteiger partial charge is 0.222 e. The number of amides is 1. The highest BCUT2D eigenvalue weighted by molar-refractivity contribution is 5.76. The van der Waals surface area contributed by atoms with Crippen molar-refractivity contribution in [2.75, 3.05) is 13.1 Å². The van der Waals surface area contributed by atoms with Crippen LogP contribution in [0.5, 0.6) is 0 Å². The Morgan fingerprint density at radius 3 is 2.65 bits per heavy atom. The van der Waals surface area contributed by atoms with Gasteiger partial charge < -0.3 is 10.6 Å². The number of hydrogen-bond acceptors (Lipinski definition) is 2. The van der Waals surface area contributed by atoms with Crippen molar-refractivity contribution in [1.29, 1.82) is 0 Å². The summed E-state index contributed by atoms with van der Waals surface area (Å²) in [5, 5.41) is 0. The third kappa shape index (κ3) is 5.43. The van der Waals surface area contributed by atoms with Gasteiger partial charge in [-0.3, -0.25) is 4.79 Å². The largest absolute Gasteiger partial charge is 0.340 e. The van der Waals surface area contributed by atoms with Gasteiger partial charge in [-0.15, -0.1) is 0 Å². The van der Waals surface area contributed by atoms with Crippen molar-refractivity contribution in [3.63, 3.8) is 0 Å². The summed E-state index contributed by atoms with van der Waals surface area (Å²) in [5.41, 5.74) is 5.68. The van der Waals surface area contributed by atoms with Gasteiger partial charge in [-0.2, -0.15) is 0 Å². The van der Waals surface area contributed by atoms with Crippen molar-refractivity contribution < 1.29 is 4.79 Å². The first-order valence-corrected chi connectivity index (χ1v) is 8.59. The fourth-order valence-corrected chi connectivity index (χ4v) is 3.44. The zero-order valence-electron chi connectivity index (χ0n) is 13.7. The lowest BCUT2D eigenvalue weighted by atomic mass is 9.88. The second-order valence-corrected chi connectivity index (χ2v) is 6.65. The molecule has 0 bridgehead atoms. The first kappa shape index (κ1) is 17.5. The highest BCUT2D eigenvalue weighted by Gasteiger charge is 2.26. The lowest BCUT2D eigenvalue weighted by molar-refractivity contribution is -0.135. The zero-order chi connectivity index (χ0) is 15.0. The van der Waals surface area contributed by atoms with Crippen LogP contribution in [-0.2, 0) is 4.79 Å². The average molecular weight is 282 g/mol. The van der Waals surface area contributed by atoms with E-state index in [1.807, 2.05) is 0 Å². The van der Waals surface area contributed by atoms with E-state index in [0.29, 0.717) is 30.2 Å². The van der Waals surface area contributed by atoms with Crippen molar-refractivity contribution >= 4 is 5.91 Å². The van der Waals surface area contributed by atoms with Gasteiger partial charge in [0, 0.05) is 19.0 Å². The van der Waals surface area contributed by atoms with Gasteiger partial charge in [0.1, 0.15) is 0 Å². The Balaban J connectivity index is 2.46. The molecule has 2 N–H and O–H groups in total. The van der Waals surface area contributed by atoms with E-state index >= 15 is 0 Å². The molecule has 0 radical (unpaired) electrons. The maximum absolute atomic E-state index is 12.5. The van der Waals surface area contributed by atoms with Crippen LogP contribution in [0.3, 0.4) is 0 Å². The van der Waals surface area contributed by atoms with Crippen LogP contribution in [-0.4, -0.2) is 29.9 Å². The molecule has 1 rings (SSSR count). The summed E-state index contributed by atoms with van der Waals surface area (Å²) in [6.45, 7) is 8.41. The van der Waals surface area contributed by atoms with Crippen LogP contribution in [0.15, 0.2) is 0 Å². The van der Waals surface area contributed by atoms with Gasteiger partial charge >= 0.3 is 0 Å². The Kier molecular flexibility index (Phi) is 8.20. The van der Waals surface area contributed by atoms with Gasteiger partial charge in [-0.05, 0) is 56.9 Å². The molecule has 0 spiro atoms. The van der Waals surface area contributed by atoms with Gasteiger partial charge in [-0.25, -0.2) is 0 Å². The van der Waals surface area contributed by atoms with Crippen LogP contribution in [0, 0.1) is 11.8 Å². The fraction of sp³-hybridized carbons (Fsp3) is 0.941. The average Bonchev–Trinajstić information content (AvgIpc) is 2.43. The summed E-state index contributed by atoms with van der Waals surface area (Å²) in [7, 11) is 0. The van der Waals surface area contributed by atoms with Crippen molar-refractivity contribution in [1.82, 2.24) is 4.90 Å². The van der Waals surface area contributed by atoms with Crippen LogP contribution in [0.4, 0.5) is 0 Å². The van der Waals surface area contributed by atoms with Gasteiger partial charge in [0.15, 0.2) is 0 Å². The van der Waals surface area contributed by atoms with Crippen LogP contribution >= 0.6 is 0 Å². The zero-order valence-corrected chi connectivity index (χ0v) is 13.7. The van der Waals surface area contributed by atoms with E-state index in [9.17, 15) is 4.79 Å². The molecule has 2 unspecified atom stereocenters. The molecule has 3 heteroatoms. The van der Waals surface area contributed by atoms with Gasteiger partial charge in [0.25, 0.3) is 0 Å². The molecule has 0 aromatic heterocycles. The first-order valence-electron chi connectivity index (χ1n) is 8.59. The number of hydrogen-bond donors (Lipinski definition) is 1. The normalized spacial score (nSPS) is 21.2. The fourth-order valence-electron chi connectivity index (χ4n) is 3.44. The van der Waals surface area contributed by atoms with E-state index in [1.165, 1.54) is 32.1 Å². The molecule has 1 fully saturated rings. The van der Waals surface area contributed by atoms with E-state index in [0.717, 1.165) is 25.9 Å². The number of likely N-dealkylation sites (tertiary alicyclic amines) is 1. The Bertz CT molecular complexity index is 276. The number of rotatable bonds is 8. The van der Waals surface area contributed by atoms with Crippen LogP contribution in [0.1, 0.15) is 72.1 Å². The second kappa shape index (κ2) is 9.38. The predicted molar refractivity (Wildman–Crippen MR) is 85.5 cm³/mol. The molecule has 1 heterocycles. The lowest BCUT2D eigenvalue weighted by Crippen LogP contribution is -2.43. The second-order valence-electron chi connectivity index (χ2n) is 6.65. The maximum Gasteiger partial charge on any atom is 0.222 e. The van der Waals surface area contributed by atoms with Crippen molar-refractivity contribution in [2.45, 2.75) is 78.2 Å². The molecule has 1 aliphatic rings. The molecule has 1 aliphatic heterocycles. The van der Waals surface area contributed by atoms with Crippen LogP contribution in [0.25, 0.3) is 0 Å². The first-order chi connectivity index (χ1) is 9.60. The SMILES string of the molecule is CCCC1CCCCN1C(=O)CCC(CCN)C(C)C. The number of carbonyl (C=O) groups is 1. The molecule has 1 amide bonds. The quantitative estimate of drug-likeness (QED) is 0.740. The monoisotopic (exact) mass is 282 g/mol. The van der Waals surface area contributed by atoms with Crippen molar-refractivity contribution in [3.05, 3.63) is 0 Å². The summed E-state index contributed by atoms with van der Waals surface area (Å²) >= 11 is 0. The highest BCUT2D eigenvalue weighted by Crippen LogP contribution is 2.25. The minimum atomic E-state index is 0.380. The van der Waals surface area contributed by atoms with E-state index < -0.39 is 0 Å². The minimum absolute atomic E-state index is 0.380. The topological polar surface area (TPSA) is 46.3 Å². The summed E-state index contributed by atoms with van der Waals surface area (Å²) in [4.78, 5) is 14.7. The summed E-state index contributed by atoms with van der Waals surface area (Å²) < 4.78 is 0. The van der Waals surface area contributed by atoms with E-state index in [1.54, 1.807) is 0 Å². The highest BCUT2D eigenvalue weighted by atomic mass is 16.2. The molecule has 3 nitrogen and oxygen atoms in total. The van der Waals surface area contributed by atoms with E-state index in [4.69, 9.17) is 5.73 Å². The molecular formula is C17H34N2O. The molecule has 2 atom stereocenters. The molecule has 0 aromatic carbocycles. The minimum Gasteiger partial charge on any atom is -0.340 e. The maximum atomic E-state index is 12.5. The molecule has 118 valence electrons. The van der Waals surface area contributed by atoms with Gasteiger partial charge in [0.2, 0.25) is 5.91 Å².